The van der Waals surface area contributed by atoms with Gasteiger partial charge in [-0.15, -0.1) is 0 Å². The molecule has 0 aliphatic carbocycles. The fourth-order valence-electron chi connectivity index (χ4n) is 1.93. The van der Waals surface area contributed by atoms with Gasteiger partial charge in [0, 0.05) is 10.9 Å². The molecule has 2 aromatic carbocycles. The highest BCUT2D eigenvalue weighted by atomic mass is 79.9. The maximum atomic E-state index is 12.6. The van der Waals surface area contributed by atoms with E-state index in [1.807, 2.05) is 24.3 Å². The van der Waals surface area contributed by atoms with Gasteiger partial charge in [-0.1, -0.05) is 40.2 Å². The van der Waals surface area contributed by atoms with Gasteiger partial charge in [-0.2, -0.15) is 13.2 Å². The van der Waals surface area contributed by atoms with Crippen molar-refractivity contribution >= 4 is 15.9 Å². The quantitative estimate of drug-likeness (QED) is 0.852. The van der Waals surface area contributed by atoms with Crippen LogP contribution >= 0.6 is 15.9 Å². The Labute approximate surface area is 123 Å². The topological polar surface area (TPSA) is 20.2 Å². The predicted molar refractivity (Wildman–Crippen MR) is 74.2 cm³/mol. The molecule has 106 valence electrons. The van der Waals surface area contributed by atoms with Gasteiger partial charge in [0.05, 0.1) is 11.7 Å². The van der Waals surface area contributed by atoms with Crippen LogP contribution in [0.1, 0.15) is 22.8 Å². The van der Waals surface area contributed by atoms with E-state index in [1.54, 1.807) is 0 Å². The number of alkyl halides is 3. The Hall–Kier alpha value is -1.33. The minimum atomic E-state index is -4.40. The van der Waals surface area contributed by atoms with Crippen molar-refractivity contribution in [3.8, 4) is 0 Å². The summed E-state index contributed by atoms with van der Waals surface area (Å²) in [5, 5.41) is 10.1. The summed E-state index contributed by atoms with van der Waals surface area (Å²) in [5.74, 6) is 0. The SMILES string of the molecule is OC(Cc1cccc(Br)c1)c1cccc(C(F)(F)F)c1. The smallest absolute Gasteiger partial charge is 0.388 e. The number of hydrogen-bond acceptors (Lipinski definition) is 1. The van der Waals surface area contributed by atoms with Crippen LogP contribution in [-0.2, 0) is 12.6 Å². The molecule has 0 spiro atoms. The predicted octanol–water partition coefficient (Wildman–Crippen LogP) is 4.74. The van der Waals surface area contributed by atoms with E-state index in [0.717, 1.165) is 22.2 Å². The minimum Gasteiger partial charge on any atom is -0.388 e. The molecule has 0 bridgehead atoms. The van der Waals surface area contributed by atoms with Gasteiger partial charge < -0.3 is 5.11 Å². The van der Waals surface area contributed by atoms with Gasteiger partial charge in [0.1, 0.15) is 0 Å². The average Bonchev–Trinajstić information content (AvgIpc) is 2.38. The van der Waals surface area contributed by atoms with Crippen LogP contribution in [0.15, 0.2) is 53.0 Å². The van der Waals surface area contributed by atoms with Crippen molar-refractivity contribution in [2.75, 3.05) is 0 Å². The van der Waals surface area contributed by atoms with Crippen LogP contribution in [0, 0.1) is 0 Å². The highest BCUT2D eigenvalue weighted by Gasteiger charge is 2.30. The van der Waals surface area contributed by atoms with Gasteiger partial charge in [-0.25, -0.2) is 0 Å². The third-order valence-electron chi connectivity index (χ3n) is 2.92. The summed E-state index contributed by atoms with van der Waals surface area (Å²) < 4.78 is 38.7. The second-order valence-corrected chi connectivity index (χ2v) is 5.39. The van der Waals surface area contributed by atoms with Crippen LogP contribution in [0.2, 0.25) is 0 Å². The summed E-state index contributed by atoms with van der Waals surface area (Å²) in [5.41, 5.74) is 0.368. The zero-order valence-electron chi connectivity index (χ0n) is 10.4. The standard InChI is InChI=1S/C15H12BrF3O/c16-13-6-1-3-10(7-13)8-14(20)11-4-2-5-12(9-11)15(17,18)19/h1-7,9,14,20H,8H2. The molecule has 1 N–H and O–H groups in total. The summed E-state index contributed by atoms with van der Waals surface area (Å²) in [4.78, 5) is 0. The minimum absolute atomic E-state index is 0.264. The molecule has 2 aromatic rings. The molecule has 0 saturated carbocycles. The van der Waals surface area contributed by atoms with Gasteiger partial charge in [0.15, 0.2) is 0 Å². The second-order valence-electron chi connectivity index (χ2n) is 4.47. The molecule has 0 aromatic heterocycles. The van der Waals surface area contributed by atoms with Crippen molar-refractivity contribution in [1.29, 1.82) is 0 Å². The molecule has 2 rings (SSSR count). The molecule has 0 heterocycles. The lowest BCUT2D eigenvalue weighted by molar-refractivity contribution is -0.137. The van der Waals surface area contributed by atoms with E-state index in [2.05, 4.69) is 15.9 Å². The van der Waals surface area contributed by atoms with E-state index >= 15 is 0 Å². The van der Waals surface area contributed by atoms with E-state index in [1.165, 1.54) is 12.1 Å². The van der Waals surface area contributed by atoms with Gasteiger partial charge in [0.25, 0.3) is 0 Å². The van der Waals surface area contributed by atoms with Gasteiger partial charge >= 0.3 is 6.18 Å². The van der Waals surface area contributed by atoms with Crippen LogP contribution in [-0.4, -0.2) is 5.11 Å². The maximum Gasteiger partial charge on any atom is 0.416 e. The van der Waals surface area contributed by atoms with Crippen LogP contribution in [0.4, 0.5) is 13.2 Å². The fraction of sp³-hybridized carbons (Fsp3) is 0.200. The van der Waals surface area contributed by atoms with Crippen molar-refractivity contribution in [2.45, 2.75) is 18.7 Å². The van der Waals surface area contributed by atoms with Crippen LogP contribution < -0.4 is 0 Å². The molecule has 20 heavy (non-hydrogen) atoms. The van der Waals surface area contributed by atoms with E-state index in [9.17, 15) is 18.3 Å². The fourth-order valence-corrected chi connectivity index (χ4v) is 2.37. The Morgan fingerprint density at radius 3 is 2.40 bits per heavy atom. The van der Waals surface area contributed by atoms with Crippen LogP contribution in [0.25, 0.3) is 0 Å². The Kier molecular flexibility index (Phi) is 4.50. The van der Waals surface area contributed by atoms with E-state index in [0.29, 0.717) is 0 Å². The molecule has 0 saturated heterocycles. The van der Waals surface area contributed by atoms with E-state index in [4.69, 9.17) is 0 Å². The maximum absolute atomic E-state index is 12.6. The highest BCUT2D eigenvalue weighted by molar-refractivity contribution is 9.10. The first-order valence-electron chi connectivity index (χ1n) is 5.96. The summed E-state index contributed by atoms with van der Waals surface area (Å²) in [6, 6.07) is 12.1. The number of hydrogen-bond donors (Lipinski definition) is 1. The van der Waals surface area contributed by atoms with Crippen LogP contribution in [0.3, 0.4) is 0 Å². The van der Waals surface area contributed by atoms with E-state index in [-0.39, 0.29) is 12.0 Å². The lowest BCUT2D eigenvalue weighted by Gasteiger charge is -2.14. The second kappa shape index (κ2) is 5.97. The number of benzene rings is 2. The van der Waals surface area contributed by atoms with Gasteiger partial charge in [-0.05, 0) is 35.4 Å². The summed E-state index contributed by atoms with van der Waals surface area (Å²) in [7, 11) is 0. The molecule has 5 heteroatoms. The molecular formula is C15H12BrF3O. The van der Waals surface area contributed by atoms with Gasteiger partial charge in [0.2, 0.25) is 0 Å². The number of aliphatic hydroxyl groups excluding tert-OH is 1. The lowest BCUT2D eigenvalue weighted by atomic mass is 10.00. The molecule has 1 unspecified atom stereocenters. The monoisotopic (exact) mass is 344 g/mol. The molecular weight excluding hydrogens is 333 g/mol. The molecule has 0 aliphatic heterocycles. The molecule has 0 aliphatic rings. The van der Waals surface area contributed by atoms with Crippen molar-refractivity contribution in [3.63, 3.8) is 0 Å². The van der Waals surface area contributed by atoms with Crippen molar-refractivity contribution in [2.24, 2.45) is 0 Å². The largest absolute Gasteiger partial charge is 0.416 e. The molecule has 0 radical (unpaired) electrons. The number of halogens is 4. The Morgan fingerprint density at radius 1 is 1.05 bits per heavy atom. The zero-order valence-corrected chi connectivity index (χ0v) is 11.9. The number of aliphatic hydroxyl groups is 1. The first kappa shape index (κ1) is 15.1. The van der Waals surface area contributed by atoms with Crippen molar-refractivity contribution < 1.29 is 18.3 Å². The third-order valence-corrected chi connectivity index (χ3v) is 3.41. The summed E-state index contributed by atoms with van der Waals surface area (Å²) in [6.07, 6.45) is -5.10. The Morgan fingerprint density at radius 2 is 1.75 bits per heavy atom. The van der Waals surface area contributed by atoms with E-state index < -0.39 is 17.8 Å². The van der Waals surface area contributed by atoms with Crippen molar-refractivity contribution in [3.05, 3.63) is 69.7 Å². The number of rotatable bonds is 3. The molecule has 1 nitrogen and oxygen atoms in total. The Balaban J connectivity index is 2.19. The first-order chi connectivity index (χ1) is 9.36. The molecule has 0 amide bonds. The van der Waals surface area contributed by atoms with Crippen molar-refractivity contribution in [1.82, 2.24) is 0 Å². The van der Waals surface area contributed by atoms with Gasteiger partial charge in [-0.3, -0.25) is 0 Å². The lowest BCUT2D eigenvalue weighted by Crippen LogP contribution is -2.08. The van der Waals surface area contributed by atoms with Crippen LogP contribution in [0.5, 0.6) is 0 Å². The normalized spacial score (nSPS) is 13.2. The molecule has 1 atom stereocenters. The highest BCUT2D eigenvalue weighted by Crippen LogP contribution is 2.31. The average molecular weight is 345 g/mol. The Bertz CT molecular complexity index is 596. The first-order valence-corrected chi connectivity index (χ1v) is 6.75. The molecule has 0 fully saturated rings. The third kappa shape index (κ3) is 3.84. The zero-order chi connectivity index (χ0) is 14.8. The summed E-state index contributed by atoms with van der Waals surface area (Å²) >= 11 is 3.32. The summed E-state index contributed by atoms with van der Waals surface area (Å²) in [6.45, 7) is 0.